The van der Waals surface area contributed by atoms with Crippen LogP contribution in [-0.4, -0.2) is 95.2 Å². The number of amides is 3. The molecule has 14 heteroatoms. The number of likely N-dealkylation sites (N-methyl/N-ethyl adjacent to an activating group) is 1. The van der Waals surface area contributed by atoms with E-state index < -0.39 is 30.5 Å². The van der Waals surface area contributed by atoms with Crippen molar-refractivity contribution in [1.29, 1.82) is 0 Å². The van der Waals surface area contributed by atoms with Gasteiger partial charge in [0.15, 0.2) is 5.13 Å². The Balaban J connectivity index is 1.22. The van der Waals surface area contributed by atoms with Gasteiger partial charge in [0.25, 0.3) is 5.92 Å². The highest BCUT2D eigenvalue weighted by molar-refractivity contribution is 7.22. The quantitative estimate of drug-likeness (QED) is 0.486. The number of aromatic nitrogens is 3. The number of urea groups is 1. The van der Waals surface area contributed by atoms with Crippen LogP contribution in [0.1, 0.15) is 19.3 Å². The summed E-state index contributed by atoms with van der Waals surface area (Å²) in [6.45, 7) is 1.54. The Labute approximate surface area is 228 Å². The van der Waals surface area contributed by atoms with Gasteiger partial charge >= 0.3 is 12.1 Å². The number of piperidine rings is 2. The number of halogens is 2. The Kier molecular flexibility index (Phi) is 7.75. The summed E-state index contributed by atoms with van der Waals surface area (Å²) in [6.07, 6.45) is 1.94. The Bertz CT molecular complexity index is 1300. The SMILES string of the molecule is CN1CCC(NC(=O)Oc2ccnc(N3CCC(F)(F)[C@@H](N(C)C(=O)Nc4nc5ccccc5s4)C3)n2)CC1. The van der Waals surface area contributed by atoms with Gasteiger partial charge in [0.05, 0.1) is 10.2 Å². The Hall–Kier alpha value is -3.65. The molecular formula is C25H30F2N8O3S. The van der Waals surface area contributed by atoms with Crippen molar-refractivity contribution in [3.8, 4) is 5.88 Å². The normalized spacial score (nSPS) is 20.0. The number of hydrogen-bond acceptors (Lipinski definition) is 9. The second-order valence-corrected chi connectivity index (χ2v) is 10.8. The van der Waals surface area contributed by atoms with Crippen LogP contribution in [0.25, 0.3) is 10.2 Å². The van der Waals surface area contributed by atoms with E-state index in [0.717, 1.165) is 35.5 Å². The van der Waals surface area contributed by atoms with Gasteiger partial charge < -0.3 is 24.8 Å². The third kappa shape index (κ3) is 6.33. The van der Waals surface area contributed by atoms with Gasteiger partial charge in [-0.25, -0.2) is 28.3 Å². The smallest absolute Gasteiger partial charge is 0.391 e. The molecule has 2 aromatic heterocycles. The van der Waals surface area contributed by atoms with Crippen molar-refractivity contribution in [2.24, 2.45) is 0 Å². The Morgan fingerprint density at radius 1 is 1.15 bits per heavy atom. The van der Waals surface area contributed by atoms with E-state index in [1.54, 1.807) is 4.90 Å². The first-order chi connectivity index (χ1) is 18.7. The molecule has 3 amide bonds. The first kappa shape index (κ1) is 26.9. The molecule has 1 aromatic carbocycles. The molecule has 4 heterocycles. The molecule has 2 fully saturated rings. The minimum atomic E-state index is -3.13. The maximum absolute atomic E-state index is 15.0. The molecule has 0 unspecified atom stereocenters. The zero-order chi connectivity index (χ0) is 27.6. The summed E-state index contributed by atoms with van der Waals surface area (Å²) in [7, 11) is 3.36. The third-order valence-electron chi connectivity index (χ3n) is 7.03. The van der Waals surface area contributed by atoms with Gasteiger partial charge in [0, 0.05) is 44.9 Å². The second-order valence-electron chi connectivity index (χ2n) is 9.81. The van der Waals surface area contributed by atoms with Crippen molar-refractivity contribution in [3.05, 3.63) is 36.5 Å². The van der Waals surface area contributed by atoms with Crippen molar-refractivity contribution in [2.75, 3.05) is 50.5 Å². The van der Waals surface area contributed by atoms with E-state index >= 15 is 0 Å². The first-order valence-corrected chi connectivity index (χ1v) is 13.5. The number of hydrogen-bond donors (Lipinski definition) is 2. The van der Waals surface area contributed by atoms with Crippen LogP contribution < -0.4 is 20.3 Å². The molecule has 3 aromatic rings. The molecule has 0 spiro atoms. The third-order valence-corrected chi connectivity index (χ3v) is 7.98. The number of alkyl halides is 2. The fourth-order valence-corrected chi connectivity index (χ4v) is 5.56. The lowest BCUT2D eigenvalue weighted by molar-refractivity contribution is -0.0760. The lowest BCUT2D eigenvalue weighted by Gasteiger charge is -2.42. The number of nitrogens with zero attached hydrogens (tertiary/aromatic N) is 6. The number of benzene rings is 1. The van der Waals surface area contributed by atoms with Gasteiger partial charge in [-0.1, -0.05) is 23.5 Å². The van der Waals surface area contributed by atoms with E-state index in [-0.39, 0.29) is 31.0 Å². The molecule has 39 heavy (non-hydrogen) atoms. The minimum Gasteiger partial charge on any atom is -0.391 e. The number of thiazole rings is 1. The average molecular weight is 561 g/mol. The van der Waals surface area contributed by atoms with Crippen molar-refractivity contribution in [3.63, 3.8) is 0 Å². The molecule has 2 N–H and O–H groups in total. The van der Waals surface area contributed by atoms with Gasteiger partial charge in [-0.05, 0) is 45.1 Å². The molecule has 2 aliphatic rings. The maximum atomic E-state index is 15.0. The molecule has 208 valence electrons. The topological polar surface area (TPSA) is 116 Å². The first-order valence-electron chi connectivity index (χ1n) is 12.7. The number of rotatable bonds is 5. The number of fused-ring (bicyclic) bond motifs is 1. The van der Waals surface area contributed by atoms with Crippen LogP contribution in [0.15, 0.2) is 36.5 Å². The maximum Gasteiger partial charge on any atom is 0.414 e. The summed E-state index contributed by atoms with van der Waals surface area (Å²) >= 11 is 1.27. The average Bonchev–Trinajstić information content (AvgIpc) is 3.32. The lowest BCUT2D eigenvalue weighted by Crippen LogP contribution is -2.60. The van der Waals surface area contributed by atoms with Crippen molar-refractivity contribution >= 4 is 44.8 Å². The van der Waals surface area contributed by atoms with Crippen molar-refractivity contribution in [2.45, 2.75) is 37.3 Å². The fourth-order valence-electron chi connectivity index (χ4n) is 4.70. The van der Waals surface area contributed by atoms with Crippen LogP contribution in [0.4, 0.5) is 29.4 Å². The second kappa shape index (κ2) is 11.2. The van der Waals surface area contributed by atoms with E-state index in [0.29, 0.717) is 10.6 Å². The van der Waals surface area contributed by atoms with Crippen LogP contribution in [0.5, 0.6) is 5.88 Å². The number of ether oxygens (including phenoxy) is 1. The number of likely N-dealkylation sites (tertiary alicyclic amines) is 1. The van der Waals surface area contributed by atoms with E-state index in [2.05, 4.69) is 30.5 Å². The highest BCUT2D eigenvalue weighted by Crippen LogP contribution is 2.34. The summed E-state index contributed by atoms with van der Waals surface area (Å²) in [5.74, 6) is -2.97. The molecule has 1 atom stereocenters. The molecule has 0 saturated carbocycles. The lowest BCUT2D eigenvalue weighted by atomic mass is 10.00. The molecule has 0 bridgehead atoms. The van der Waals surface area contributed by atoms with E-state index in [1.165, 1.54) is 30.6 Å². The fraction of sp³-hybridized carbons (Fsp3) is 0.480. The predicted octanol–water partition coefficient (Wildman–Crippen LogP) is 3.65. The summed E-state index contributed by atoms with van der Waals surface area (Å²) in [4.78, 5) is 42.9. The largest absolute Gasteiger partial charge is 0.414 e. The number of anilines is 2. The number of nitrogens with one attached hydrogen (secondary N) is 2. The highest BCUT2D eigenvalue weighted by Gasteiger charge is 2.48. The van der Waals surface area contributed by atoms with Crippen LogP contribution in [0.2, 0.25) is 0 Å². The molecule has 0 radical (unpaired) electrons. The van der Waals surface area contributed by atoms with Gasteiger partial charge in [0.2, 0.25) is 11.8 Å². The molecular weight excluding hydrogens is 530 g/mol. The number of carbonyl (C=O) groups excluding carboxylic acids is 2. The van der Waals surface area contributed by atoms with E-state index in [9.17, 15) is 18.4 Å². The van der Waals surface area contributed by atoms with Crippen LogP contribution in [-0.2, 0) is 0 Å². The zero-order valence-corrected chi connectivity index (χ0v) is 22.5. The Morgan fingerprint density at radius 3 is 2.69 bits per heavy atom. The molecule has 11 nitrogen and oxygen atoms in total. The van der Waals surface area contributed by atoms with Gasteiger partial charge in [-0.15, -0.1) is 0 Å². The summed E-state index contributed by atoms with van der Waals surface area (Å²) in [5.41, 5.74) is 0.717. The molecule has 0 aliphatic carbocycles. The molecule has 2 aliphatic heterocycles. The van der Waals surface area contributed by atoms with E-state index in [4.69, 9.17) is 4.74 Å². The predicted molar refractivity (Wildman–Crippen MR) is 144 cm³/mol. The number of carbonyl (C=O) groups is 2. The number of para-hydroxylation sites is 1. The van der Waals surface area contributed by atoms with Crippen molar-refractivity contribution in [1.82, 2.24) is 30.1 Å². The Morgan fingerprint density at radius 2 is 1.92 bits per heavy atom. The zero-order valence-electron chi connectivity index (χ0n) is 21.6. The van der Waals surface area contributed by atoms with Gasteiger partial charge in [-0.3, -0.25) is 5.32 Å². The van der Waals surface area contributed by atoms with Crippen LogP contribution in [0, 0.1) is 0 Å². The molecule has 5 rings (SSSR count). The van der Waals surface area contributed by atoms with Crippen LogP contribution >= 0.6 is 11.3 Å². The monoisotopic (exact) mass is 560 g/mol. The summed E-state index contributed by atoms with van der Waals surface area (Å²) in [5, 5.41) is 5.80. The summed E-state index contributed by atoms with van der Waals surface area (Å²) < 4.78 is 36.2. The van der Waals surface area contributed by atoms with Crippen LogP contribution in [0.3, 0.4) is 0 Å². The van der Waals surface area contributed by atoms with E-state index in [1.807, 2.05) is 31.3 Å². The minimum absolute atomic E-state index is 0.0150. The van der Waals surface area contributed by atoms with Crippen molar-refractivity contribution < 1.29 is 23.1 Å². The highest BCUT2D eigenvalue weighted by atomic mass is 32.1. The van der Waals surface area contributed by atoms with Gasteiger partial charge in [0.1, 0.15) is 6.04 Å². The molecule has 2 saturated heterocycles. The van der Waals surface area contributed by atoms with Gasteiger partial charge in [-0.2, -0.15) is 4.98 Å². The standard InChI is InChI=1S/C25H30F2N8O3S/c1-33-12-8-16(9-13-33)29-24(37)38-20-7-11-28-21(31-20)35-14-10-25(26,27)19(15-35)34(2)23(36)32-22-30-17-5-3-4-6-18(17)39-22/h3-7,11,16,19H,8-10,12-15H2,1-2H3,(H,29,37)(H,30,32,36)/t19-/m0/s1. The summed E-state index contributed by atoms with van der Waals surface area (Å²) in [6, 6.07) is 6.70.